The van der Waals surface area contributed by atoms with Gasteiger partial charge in [0.15, 0.2) is 5.13 Å². The number of hydrogen-bond acceptors (Lipinski definition) is 3. The van der Waals surface area contributed by atoms with Crippen molar-refractivity contribution in [3.05, 3.63) is 22.7 Å². The Hall–Kier alpha value is -1.16. The van der Waals surface area contributed by atoms with E-state index in [1.165, 1.54) is 18.4 Å². The van der Waals surface area contributed by atoms with Crippen LogP contribution in [0.15, 0.2) is 17.0 Å². The topological polar surface area (TPSA) is 42.0 Å². The molecule has 1 N–H and O–H groups in total. The van der Waals surface area contributed by atoms with Crippen molar-refractivity contribution in [1.82, 2.24) is 4.98 Å². The molecule has 0 aliphatic heterocycles. The van der Waals surface area contributed by atoms with E-state index in [2.05, 4.69) is 49.5 Å². The molecule has 0 saturated heterocycles. The lowest BCUT2D eigenvalue weighted by Crippen LogP contribution is -2.16. The lowest BCUT2D eigenvalue weighted by molar-refractivity contribution is -0.118. The van der Waals surface area contributed by atoms with E-state index >= 15 is 0 Å². The summed E-state index contributed by atoms with van der Waals surface area (Å²) in [4.78, 5) is 16.9. The SMILES string of the molecule is CC(C)=C[C@H]1[C@H](C(=O)Nc2nc(C3CC3)cs2)C1(C)C. The maximum absolute atomic E-state index is 12.4. The first kappa shape index (κ1) is 13.8. The molecule has 20 heavy (non-hydrogen) atoms. The van der Waals surface area contributed by atoms with E-state index in [1.54, 1.807) is 11.3 Å². The second-order valence-electron chi connectivity index (χ2n) is 6.91. The fourth-order valence-corrected chi connectivity index (χ4v) is 3.74. The highest BCUT2D eigenvalue weighted by Crippen LogP contribution is 2.59. The Labute approximate surface area is 124 Å². The zero-order chi connectivity index (χ0) is 14.5. The molecule has 3 nitrogen and oxygen atoms in total. The summed E-state index contributed by atoms with van der Waals surface area (Å²) < 4.78 is 0. The fraction of sp³-hybridized carbons (Fsp3) is 0.625. The smallest absolute Gasteiger partial charge is 0.230 e. The predicted octanol–water partition coefficient (Wildman–Crippen LogP) is 4.20. The van der Waals surface area contributed by atoms with E-state index in [-0.39, 0.29) is 17.2 Å². The van der Waals surface area contributed by atoms with Crippen LogP contribution in [0.3, 0.4) is 0 Å². The molecule has 3 rings (SSSR count). The summed E-state index contributed by atoms with van der Waals surface area (Å²) in [6.45, 7) is 8.51. The van der Waals surface area contributed by atoms with E-state index in [0.29, 0.717) is 11.8 Å². The van der Waals surface area contributed by atoms with Gasteiger partial charge in [-0.2, -0.15) is 0 Å². The van der Waals surface area contributed by atoms with E-state index in [1.807, 2.05) is 0 Å². The molecule has 0 unspecified atom stereocenters. The Morgan fingerprint density at radius 3 is 2.75 bits per heavy atom. The fourth-order valence-electron chi connectivity index (χ4n) is 2.94. The van der Waals surface area contributed by atoms with Crippen molar-refractivity contribution in [2.24, 2.45) is 17.3 Å². The van der Waals surface area contributed by atoms with Gasteiger partial charge in [0, 0.05) is 11.3 Å². The maximum Gasteiger partial charge on any atom is 0.230 e. The molecule has 108 valence electrons. The Morgan fingerprint density at radius 2 is 2.15 bits per heavy atom. The van der Waals surface area contributed by atoms with Crippen LogP contribution < -0.4 is 5.32 Å². The number of carbonyl (C=O) groups excluding carboxylic acids is 1. The van der Waals surface area contributed by atoms with Crippen molar-refractivity contribution < 1.29 is 4.79 Å². The Kier molecular flexibility index (Phi) is 3.24. The summed E-state index contributed by atoms with van der Waals surface area (Å²) in [6.07, 6.45) is 4.71. The van der Waals surface area contributed by atoms with Crippen LogP contribution in [0.4, 0.5) is 5.13 Å². The summed E-state index contributed by atoms with van der Waals surface area (Å²) in [7, 11) is 0. The first-order valence-corrected chi connectivity index (χ1v) is 8.19. The first-order valence-electron chi connectivity index (χ1n) is 7.31. The van der Waals surface area contributed by atoms with Gasteiger partial charge in [-0.3, -0.25) is 4.79 Å². The zero-order valence-electron chi connectivity index (χ0n) is 12.6. The van der Waals surface area contributed by atoms with Crippen LogP contribution in [0.5, 0.6) is 0 Å². The number of nitrogens with one attached hydrogen (secondary N) is 1. The van der Waals surface area contributed by atoms with Gasteiger partial charge in [-0.1, -0.05) is 25.5 Å². The van der Waals surface area contributed by atoms with Crippen molar-refractivity contribution >= 4 is 22.4 Å². The minimum Gasteiger partial charge on any atom is -0.302 e. The average Bonchev–Trinajstić information content (AvgIpc) is 3.20. The highest BCUT2D eigenvalue weighted by molar-refractivity contribution is 7.13. The highest BCUT2D eigenvalue weighted by Gasteiger charge is 2.60. The van der Waals surface area contributed by atoms with Gasteiger partial charge in [0.2, 0.25) is 5.91 Å². The normalized spacial score (nSPS) is 27.0. The summed E-state index contributed by atoms with van der Waals surface area (Å²) in [6, 6.07) is 0. The Morgan fingerprint density at radius 1 is 1.45 bits per heavy atom. The Bertz CT molecular complexity index is 565. The largest absolute Gasteiger partial charge is 0.302 e. The third-order valence-corrected chi connectivity index (χ3v) is 5.23. The number of hydrogen-bond donors (Lipinski definition) is 1. The minimum absolute atomic E-state index is 0.0674. The van der Waals surface area contributed by atoms with Gasteiger partial charge in [0.05, 0.1) is 11.6 Å². The first-order chi connectivity index (χ1) is 9.39. The van der Waals surface area contributed by atoms with E-state index in [4.69, 9.17) is 0 Å². The van der Waals surface area contributed by atoms with Crippen LogP contribution in [-0.2, 0) is 4.79 Å². The van der Waals surface area contributed by atoms with E-state index in [0.717, 1.165) is 10.8 Å². The van der Waals surface area contributed by atoms with Gasteiger partial charge in [-0.15, -0.1) is 11.3 Å². The number of amides is 1. The van der Waals surface area contributed by atoms with Gasteiger partial charge >= 0.3 is 0 Å². The van der Waals surface area contributed by atoms with Gasteiger partial charge in [0.25, 0.3) is 0 Å². The van der Waals surface area contributed by atoms with Crippen LogP contribution in [-0.4, -0.2) is 10.9 Å². The van der Waals surface area contributed by atoms with E-state index < -0.39 is 0 Å². The lowest BCUT2D eigenvalue weighted by Gasteiger charge is -2.02. The zero-order valence-corrected chi connectivity index (χ0v) is 13.4. The molecule has 2 aliphatic carbocycles. The second kappa shape index (κ2) is 4.69. The highest BCUT2D eigenvalue weighted by atomic mass is 32.1. The molecule has 4 heteroatoms. The van der Waals surface area contributed by atoms with Gasteiger partial charge < -0.3 is 5.32 Å². The van der Waals surface area contributed by atoms with Crippen molar-refractivity contribution in [1.29, 1.82) is 0 Å². The van der Waals surface area contributed by atoms with Gasteiger partial charge in [-0.05, 0) is 38.0 Å². The van der Waals surface area contributed by atoms with Crippen molar-refractivity contribution in [2.45, 2.75) is 46.5 Å². The molecule has 0 aromatic carbocycles. The van der Waals surface area contributed by atoms with Gasteiger partial charge in [0.1, 0.15) is 0 Å². The molecule has 1 amide bonds. The molecule has 2 atom stereocenters. The molecule has 2 fully saturated rings. The molecule has 2 saturated carbocycles. The van der Waals surface area contributed by atoms with E-state index in [9.17, 15) is 4.79 Å². The molecule has 0 spiro atoms. The third-order valence-electron chi connectivity index (χ3n) is 4.45. The Balaban J connectivity index is 1.65. The number of thiazole rings is 1. The maximum atomic E-state index is 12.4. The molecule has 1 heterocycles. The monoisotopic (exact) mass is 290 g/mol. The predicted molar refractivity (Wildman–Crippen MR) is 82.9 cm³/mol. The van der Waals surface area contributed by atoms with Crippen molar-refractivity contribution in [2.75, 3.05) is 5.32 Å². The second-order valence-corrected chi connectivity index (χ2v) is 7.77. The quantitative estimate of drug-likeness (QED) is 0.844. The summed E-state index contributed by atoms with van der Waals surface area (Å²) in [5.41, 5.74) is 2.50. The third kappa shape index (κ3) is 2.53. The number of carbonyl (C=O) groups is 1. The van der Waals surface area contributed by atoms with Crippen LogP contribution in [0.2, 0.25) is 0 Å². The molecule has 2 aliphatic rings. The van der Waals surface area contributed by atoms with Gasteiger partial charge in [-0.25, -0.2) is 4.98 Å². The lowest BCUT2D eigenvalue weighted by atomic mass is 10.1. The number of rotatable bonds is 4. The molecule has 1 aromatic heterocycles. The molecule has 0 bridgehead atoms. The van der Waals surface area contributed by atoms with Crippen LogP contribution in [0.25, 0.3) is 0 Å². The molecular formula is C16H22N2OS. The van der Waals surface area contributed by atoms with Crippen molar-refractivity contribution in [3.63, 3.8) is 0 Å². The summed E-state index contributed by atoms with van der Waals surface area (Å²) in [5, 5.41) is 5.85. The molecular weight excluding hydrogens is 268 g/mol. The number of nitrogens with zero attached hydrogens (tertiary/aromatic N) is 1. The van der Waals surface area contributed by atoms with Crippen molar-refractivity contribution in [3.8, 4) is 0 Å². The van der Waals surface area contributed by atoms with Crippen LogP contribution >= 0.6 is 11.3 Å². The summed E-state index contributed by atoms with van der Waals surface area (Å²) in [5.74, 6) is 1.20. The number of allylic oxidation sites excluding steroid dienone is 2. The molecule has 0 radical (unpaired) electrons. The number of anilines is 1. The standard InChI is InChI=1S/C16H22N2OS/c1-9(2)7-11-13(16(11,3)4)14(19)18-15-17-12(8-20-15)10-5-6-10/h7-8,10-11,13H,5-6H2,1-4H3,(H,17,18,19)/t11-,13+/m0/s1. The van der Waals surface area contributed by atoms with Crippen LogP contribution in [0, 0.1) is 17.3 Å². The average molecular weight is 290 g/mol. The van der Waals surface area contributed by atoms with Crippen LogP contribution in [0.1, 0.15) is 52.1 Å². The molecule has 1 aromatic rings. The minimum atomic E-state index is 0.0674. The summed E-state index contributed by atoms with van der Waals surface area (Å²) >= 11 is 1.55. The number of aromatic nitrogens is 1.